The number of fused-ring (bicyclic) bond motifs is 1. The third-order valence-electron chi connectivity index (χ3n) is 1.95. The van der Waals surface area contributed by atoms with Gasteiger partial charge in [-0.15, -0.1) is 0 Å². The van der Waals surface area contributed by atoms with Crippen molar-refractivity contribution in [2.45, 2.75) is 13.1 Å². The SMILES string of the molecule is Nc1cc2c(cc1Cl)CNC2. The van der Waals surface area contributed by atoms with Gasteiger partial charge >= 0.3 is 0 Å². The van der Waals surface area contributed by atoms with Crippen LogP contribution in [0.5, 0.6) is 0 Å². The van der Waals surface area contributed by atoms with Crippen LogP contribution in [0.4, 0.5) is 5.69 Å². The van der Waals surface area contributed by atoms with E-state index in [1.807, 2.05) is 12.1 Å². The highest BCUT2D eigenvalue weighted by molar-refractivity contribution is 6.33. The van der Waals surface area contributed by atoms with Gasteiger partial charge in [0, 0.05) is 13.1 Å². The van der Waals surface area contributed by atoms with E-state index in [2.05, 4.69) is 5.32 Å². The maximum absolute atomic E-state index is 5.84. The largest absolute Gasteiger partial charge is 0.398 e. The second-order valence-corrected chi connectivity index (χ2v) is 3.15. The van der Waals surface area contributed by atoms with Crippen LogP contribution >= 0.6 is 11.6 Å². The van der Waals surface area contributed by atoms with Gasteiger partial charge in [0.2, 0.25) is 0 Å². The predicted molar refractivity (Wildman–Crippen MR) is 46.4 cm³/mol. The van der Waals surface area contributed by atoms with Crippen molar-refractivity contribution in [3.8, 4) is 0 Å². The molecule has 0 aliphatic carbocycles. The molecule has 0 saturated carbocycles. The molecule has 0 saturated heterocycles. The molecule has 0 spiro atoms. The Balaban J connectivity index is 2.57. The summed E-state index contributed by atoms with van der Waals surface area (Å²) in [4.78, 5) is 0. The molecule has 2 nitrogen and oxygen atoms in total. The molecule has 0 amide bonds. The summed E-state index contributed by atoms with van der Waals surface area (Å²) in [6.07, 6.45) is 0. The van der Waals surface area contributed by atoms with Crippen molar-refractivity contribution >= 4 is 17.3 Å². The first-order chi connectivity index (χ1) is 5.27. The van der Waals surface area contributed by atoms with Crippen molar-refractivity contribution in [2.24, 2.45) is 0 Å². The highest BCUT2D eigenvalue weighted by Crippen LogP contribution is 2.25. The van der Waals surface area contributed by atoms with E-state index in [0.29, 0.717) is 10.7 Å². The lowest BCUT2D eigenvalue weighted by molar-refractivity contribution is 0.765. The Bertz CT molecular complexity index is 267. The van der Waals surface area contributed by atoms with Crippen molar-refractivity contribution in [1.29, 1.82) is 0 Å². The molecule has 0 fully saturated rings. The van der Waals surface area contributed by atoms with Crippen molar-refractivity contribution in [3.63, 3.8) is 0 Å². The Hall–Kier alpha value is -0.730. The molecule has 0 aromatic heterocycles. The zero-order valence-electron chi connectivity index (χ0n) is 6.02. The Labute approximate surface area is 70.3 Å². The van der Waals surface area contributed by atoms with E-state index in [1.165, 1.54) is 11.1 Å². The molecule has 58 valence electrons. The molecule has 1 heterocycles. The van der Waals surface area contributed by atoms with Gasteiger partial charge in [-0.25, -0.2) is 0 Å². The lowest BCUT2D eigenvalue weighted by Gasteiger charge is -2.01. The molecule has 1 aromatic rings. The second kappa shape index (κ2) is 2.40. The van der Waals surface area contributed by atoms with Gasteiger partial charge in [0.1, 0.15) is 0 Å². The lowest BCUT2D eigenvalue weighted by atomic mass is 10.1. The summed E-state index contributed by atoms with van der Waals surface area (Å²) >= 11 is 5.84. The van der Waals surface area contributed by atoms with Crippen LogP contribution in [0.25, 0.3) is 0 Å². The maximum atomic E-state index is 5.84. The van der Waals surface area contributed by atoms with E-state index < -0.39 is 0 Å². The van der Waals surface area contributed by atoms with Gasteiger partial charge in [-0.1, -0.05) is 11.6 Å². The number of benzene rings is 1. The van der Waals surface area contributed by atoms with Crippen LogP contribution in [0.15, 0.2) is 12.1 Å². The maximum Gasteiger partial charge on any atom is 0.0638 e. The third kappa shape index (κ3) is 1.08. The van der Waals surface area contributed by atoms with Crippen molar-refractivity contribution in [1.82, 2.24) is 5.32 Å². The molecule has 2 rings (SSSR count). The fourth-order valence-electron chi connectivity index (χ4n) is 1.34. The predicted octanol–water partition coefficient (Wildman–Crippen LogP) is 1.53. The Morgan fingerprint density at radius 1 is 1.27 bits per heavy atom. The molecule has 1 aromatic carbocycles. The summed E-state index contributed by atoms with van der Waals surface area (Å²) in [6, 6.07) is 3.88. The normalized spacial score (nSPS) is 15.0. The van der Waals surface area contributed by atoms with Crippen LogP contribution in [0.3, 0.4) is 0 Å². The highest BCUT2D eigenvalue weighted by Gasteiger charge is 2.11. The standard InChI is InChI=1S/C8H9ClN2/c9-7-1-5-3-11-4-6(5)2-8(7)10/h1-2,11H,3-4,10H2. The summed E-state index contributed by atoms with van der Waals surface area (Å²) < 4.78 is 0. The lowest BCUT2D eigenvalue weighted by Crippen LogP contribution is -1.99. The number of anilines is 1. The third-order valence-corrected chi connectivity index (χ3v) is 2.28. The molecule has 0 unspecified atom stereocenters. The molecule has 0 bridgehead atoms. The zero-order valence-corrected chi connectivity index (χ0v) is 6.78. The van der Waals surface area contributed by atoms with E-state index in [4.69, 9.17) is 17.3 Å². The Morgan fingerprint density at radius 2 is 1.91 bits per heavy atom. The summed E-state index contributed by atoms with van der Waals surface area (Å²) in [5, 5.41) is 3.89. The van der Waals surface area contributed by atoms with Crippen LogP contribution in [-0.2, 0) is 13.1 Å². The van der Waals surface area contributed by atoms with Crippen LogP contribution in [0, 0.1) is 0 Å². The number of nitrogens with one attached hydrogen (secondary N) is 1. The number of hydrogen-bond acceptors (Lipinski definition) is 2. The molecular formula is C8H9ClN2. The Kier molecular flexibility index (Phi) is 1.51. The summed E-state index contributed by atoms with van der Waals surface area (Å²) in [5.41, 5.74) is 8.85. The second-order valence-electron chi connectivity index (χ2n) is 2.75. The van der Waals surface area contributed by atoms with Crippen molar-refractivity contribution in [2.75, 3.05) is 5.73 Å². The topological polar surface area (TPSA) is 38.0 Å². The van der Waals surface area contributed by atoms with E-state index >= 15 is 0 Å². The monoisotopic (exact) mass is 168 g/mol. The van der Waals surface area contributed by atoms with Crippen molar-refractivity contribution in [3.05, 3.63) is 28.3 Å². The summed E-state index contributed by atoms with van der Waals surface area (Å²) in [5.74, 6) is 0. The molecule has 3 N–H and O–H groups in total. The Morgan fingerprint density at radius 3 is 2.64 bits per heavy atom. The van der Waals surface area contributed by atoms with Crippen molar-refractivity contribution < 1.29 is 0 Å². The van der Waals surface area contributed by atoms with Gasteiger partial charge in [0.05, 0.1) is 10.7 Å². The van der Waals surface area contributed by atoms with E-state index in [-0.39, 0.29) is 0 Å². The molecule has 11 heavy (non-hydrogen) atoms. The first-order valence-electron chi connectivity index (χ1n) is 3.55. The van der Waals surface area contributed by atoms with Gasteiger partial charge in [0.15, 0.2) is 0 Å². The van der Waals surface area contributed by atoms with Crippen LogP contribution in [-0.4, -0.2) is 0 Å². The van der Waals surface area contributed by atoms with E-state index in [1.54, 1.807) is 0 Å². The summed E-state index contributed by atoms with van der Waals surface area (Å²) in [6.45, 7) is 1.83. The highest BCUT2D eigenvalue weighted by atomic mass is 35.5. The molecule has 1 aliphatic heterocycles. The number of nitrogen functional groups attached to an aromatic ring is 1. The minimum Gasteiger partial charge on any atom is -0.398 e. The molecule has 0 radical (unpaired) electrons. The fraction of sp³-hybridized carbons (Fsp3) is 0.250. The minimum absolute atomic E-state index is 0.660. The molecule has 0 atom stereocenters. The first kappa shape index (κ1) is 6.95. The van der Waals surface area contributed by atoms with Crippen LogP contribution in [0.2, 0.25) is 5.02 Å². The van der Waals surface area contributed by atoms with Gasteiger partial charge in [0.25, 0.3) is 0 Å². The minimum atomic E-state index is 0.660. The van der Waals surface area contributed by atoms with Crippen LogP contribution < -0.4 is 11.1 Å². The van der Waals surface area contributed by atoms with Gasteiger partial charge in [-0.05, 0) is 23.3 Å². The number of nitrogens with two attached hydrogens (primary N) is 1. The molecule has 1 aliphatic rings. The van der Waals surface area contributed by atoms with E-state index in [0.717, 1.165) is 13.1 Å². The zero-order chi connectivity index (χ0) is 7.84. The molecular weight excluding hydrogens is 160 g/mol. The van der Waals surface area contributed by atoms with Gasteiger partial charge in [-0.3, -0.25) is 0 Å². The average molecular weight is 169 g/mol. The average Bonchev–Trinajstić information content (AvgIpc) is 2.36. The quantitative estimate of drug-likeness (QED) is 0.577. The molecule has 3 heteroatoms. The smallest absolute Gasteiger partial charge is 0.0638 e. The van der Waals surface area contributed by atoms with E-state index in [9.17, 15) is 0 Å². The number of halogens is 1. The summed E-state index contributed by atoms with van der Waals surface area (Å²) in [7, 11) is 0. The van der Waals surface area contributed by atoms with Gasteiger partial charge in [-0.2, -0.15) is 0 Å². The van der Waals surface area contributed by atoms with Gasteiger partial charge < -0.3 is 11.1 Å². The number of hydrogen-bond donors (Lipinski definition) is 2. The van der Waals surface area contributed by atoms with Crippen LogP contribution in [0.1, 0.15) is 11.1 Å². The number of rotatable bonds is 0. The first-order valence-corrected chi connectivity index (χ1v) is 3.92. The fourth-order valence-corrected chi connectivity index (χ4v) is 1.53.